The van der Waals surface area contributed by atoms with Gasteiger partial charge in [-0.3, -0.25) is 0 Å². The van der Waals surface area contributed by atoms with Crippen LogP contribution in [0, 0.1) is 5.82 Å². The summed E-state index contributed by atoms with van der Waals surface area (Å²) in [4.78, 5) is 0. The van der Waals surface area contributed by atoms with Gasteiger partial charge in [-0.15, -0.1) is 0 Å². The molecule has 0 heterocycles. The van der Waals surface area contributed by atoms with Crippen LogP contribution in [0.15, 0.2) is 48.5 Å². The Bertz CT molecular complexity index is 553. The molecule has 1 unspecified atom stereocenters. The maximum absolute atomic E-state index is 13.1. The average molecular weight is 287 g/mol. The number of hydrogen-bond acceptors (Lipinski definition) is 2. The van der Waals surface area contributed by atoms with Crippen molar-refractivity contribution in [3.05, 3.63) is 65.5 Å². The van der Waals surface area contributed by atoms with Gasteiger partial charge in [-0.1, -0.05) is 24.3 Å². The highest BCUT2D eigenvalue weighted by molar-refractivity contribution is 5.27. The molecule has 2 aromatic rings. The minimum absolute atomic E-state index is 0.168. The second-order valence-electron chi connectivity index (χ2n) is 5.29. The number of hydrogen-bond donors (Lipinski definition) is 1. The minimum atomic E-state index is -0.168. The van der Waals surface area contributed by atoms with Gasteiger partial charge < -0.3 is 10.1 Å². The first kappa shape index (κ1) is 15.5. The lowest BCUT2D eigenvalue weighted by Crippen LogP contribution is -2.29. The minimum Gasteiger partial charge on any atom is -0.497 e. The highest BCUT2D eigenvalue weighted by atomic mass is 19.1. The molecule has 2 aromatic carbocycles. The predicted octanol–water partition coefficient (Wildman–Crippen LogP) is 3.60. The lowest BCUT2D eigenvalue weighted by atomic mass is 10.1. The first-order valence-electron chi connectivity index (χ1n) is 7.28. The van der Waals surface area contributed by atoms with Gasteiger partial charge in [0.2, 0.25) is 0 Å². The molecule has 0 radical (unpaired) electrons. The summed E-state index contributed by atoms with van der Waals surface area (Å²) in [6.45, 7) is 3.01. The van der Waals surface area contributed by atoms with E-state index in [-0.39, 0.29) is 5.82 Å². The maximum atomic E-state index is 13.1. The van der Waals surface area contributed by atoms with E-state index in [4.69, 9.17) is 4.74 Å². The SMILES string of the molecule is COc1ccc(CC(C)NCCc2cccc(F)c2)cc1. The molecule has 112 valence electrons. The number of methoxy groups -OCH3 is 1. The van der Waals surface area contributed by atoms with E-state index in [1.807, 2.05) is 18.2 Å². The van der Waals surface area contributed by atoms with Gasteiger partial charge in [-0.25, -0.2) is 4.39 Å². The number of benzene rings is 2. The molecule has 0 aliphatic carbocycles. The summed E-state index contributed by atoms with van der Waals surface area (Å²) in [5, 5.41) is 3.47. The fraction of sp³-hybridized carbons (Fsp3) is 0.333. The third-order valence-corrected chi connectivity index (χ3v) is 3.50. The Labute approximate surface area is 126 Å². The topological polar surface area (TPSA) is 21.3 Å². The van der Waals surface area contributed by atoms with Crippen LogP contribution in [0.25, 0.3) is 0 Å². The third kappa shape index (κ3) is 5.20. The van der Waals surface area contributed by atoms with Crippen molar-refractivity contribution in [2.75, 3.05) is 13.7 Å². The predicted molar refractivity (Wildman–Crippen MR) is 84.3 cm³/mol. The van der Waals surface area contributed by atoms with Gasteiger partial charge in [0.1, 0.15) is 11.6 Å². The van der Waals surface area contributed by atoms with Gasteiger partial charge in [0, 0.05) is 6.04 Å². The Morgan fingerprint density at radius 1 is 1.10 bits per heavy atom. The Hall–Kier alpha value is -1.87. The number of nitrogens with one attached hydrogen (secondary N) is 1. The monoisotopic (exact) mass is 287 g/mol. The van der Waals surface area contributed by atoms with Crippen LogP contribution in [0.1, 0.15) is 18.1 Å². The molecule has 0 fully saturated rings. The number of ether oxygens (including phenoxy) is 1. The van der Waals surface area contributed by atoms with Crippen LogP contribution < -0.4 is 10.1 Å². The Morgan fingerprint density at radius 2 is 1.86 bits per heavy atom. The van der Waals surface area contributed by atoms with E-state index >= 15 is 0 Å². The highest BCUT2D eigenvalue weighted by Crippen LogP contribution is 2.12. The van der Waals surface area contributed by atoms with Crippen LogP contribution in [-0.4, -0.2) is 19.7 Å². The first-order chi connectivity index (χ1) is 10.2. The van der Waals surface area contributed by atoms with Crippen LogP contribution in [-0.2, 0) is 12.8 Å². The zero-order chi connectivity index (χ0) is 15.1. The second-order valence-corrected chi connectivity index (χ2v) is 5.29. The van der Waals surface area contributed by atoms with Gasteiger partial charge in [-0.2, -0.15) is 0 Å². The first-order valence-corrected chi connectivity index (χ1v) is 7.28. The summed E-state index contributed by atoms with van der Waals surface area (Å²) in [5.41, 5.74) is 2.31. The van der Waals surface area contributed by atoms with Gasteiger partial charge in [0.05, 0.1) is 7.11 Å². The fourth-order valence-corrected chi connectivity index (χ4v) is 2.34. The van der Waals surface area contributed by atoms with E-state index < -0.39 is 0 Å². The van der Waals surface area contributed by atoms with Crippen LogP contribution in [0.5, 0.6) is 5.75 Å². The Balaban J connectivity index is 1.75. The Kier molecular flexibility index (Phi) is 5.76. The van der Waals surface area contributed by atoms with Crippen molar-refractivity contribution in [1.82, 2.24) is 5.32 Å². The van der Waals surface area contributed by atoms with Crippen molar-refractivity contribution in [3.8, 4) is 5.75 Å². The van der Waals surface area contributed by atoms with E-state index in [0.717, 1.165) is 30.7 Å². The number of rotatable bonds is 7. The Morgan fingerprint density at radius 3 is 2.52 bits per heavy atom. The molecule has 1 N–H and O–H groups in total. The molecule has 0 amide bonds. The lowest BCUT2D eigenvalue weighted by Gasteiger charge is -2.14. The van der Waals surface area contributed by atoms with Crippen molar-refractivity contribution in [2.45, 2.75) is 25.8 Å². The largest absolute Gasteiger partial charge is 0.497 e. The summed E-state index contributed by atoms with van der Waals surface area (Å²) < 4.78 is 18.2. The van der Waals surface area contributed by atoms with E-state index in [1.165, 1.54) is 11.6 Å². The van der Waals surface area contributed by atoms with Crippen molar-refractivity contribution in [2.24, 2.45) is 0 Å². The van der Waals surface area contributed by atoms with Crippen molar-refractivity contribution in [1.29, 1.82) is 0 Å². The standard InChI is InChI=1S/C18H22FNO/c1-14(12-16-6-8-18(21-2)9-7-16)20-11-10-15-4-3-5-17(19)13-15/h3-9,13-14,20H,10-12H2,1-2H3. The summed E-state index contributed by atoms with van der Waals surface area (Å²) >= 11 is 0. The van der Waals surface area contributed by atoms with E-state index in [0.29, 0.717) is 6.04 Å². The zero-order valence-corrected chi connectivity index (χ0v) is 12.6. The summed E-state index contributed by atoms with van der Waals surface area (Å²) in [7, 11) is 1.67. The molecule has 3 heteroatoms. The van der Waals surface area contributed by atoms with E-state index in [2.05, 4.69) is 24.4 Å². The molecule has 0 saturated heterocycles. The maximum Gasteiger partial charge on any atom is 0.123 e. The molecule has 0 aliphatic heterocycles. The molecule has 21 heavy (non-hydrogen) atoms. The van der Waals surface area contributed by atoms with Crippen LogP contribution in [0.2, 0.25) is 0 Å². The molecule has 2 nitrogen and oxygen atoms in total. The zero-order valence-electron chi connectivity index (χ0n) is 12.6. The molecule has 1 atom stereocenters. The van der Waals surface area contributed by atoms with Gasteiger partial charge in [0.15, 0.2) is 0 Å². The highest BCUT2D eigenvalue weighted by Gasteiger charge is 2.04. The van der Waals surface area contributed by atoms with Gasteiger partial charge in [-0.05, 0) is 61.7 Å². The number of halogens is 1. The van der Waals surface area contributed by atoms with Crippen molar-refractivity contribution < 1.29 is 9.13 Å². The molecule has 0 saturated carbocycles. The molecular formula is C18H22FNO. The molecular weight excluding hydrogens is 265 g/mol. The van der Waals surface area contributed by atoms with Crippen molar-refractivity contribution >= 4 is 0 Å². The van der Waals surface area contributed by atoms with Crippen LogP contribution >= 0.6 is 0 Å². The second kappa shape index (κ2) is 7.79. The van der Waals surface area contributed by atoms with Gasteiger partial charge in [0.25, 0.3) is 0 Å². The van der Waals surface area contributed by atoms with Crippen LogP contribution in [0.4, 0.5) is 4.39 Å². The molecule has 0 aliphatic rings. The summed E-state index contributed by atoms with van der Waals surface area (Å²) in [5.74, 6) is 0.712. The molecule has 0 bridgehead atoms. The quantitative estimate of drug-likeness (QED) is 0.840. The summed E-state index contributed by atoms with van der Waals surface area (Å²) in [6, 6.07) is 15.3. The third-order valence-electron chi connectivity index (χ3n) is 3.50. The summed E-state index contributed by atoms with van der Waals surface area (Å²) in [6.07, 6.45) is 1.80. The van der Waals surface area contributed by atoms with Crippen molar-refractivity contribution in [3.63, 3.8) is 0 Å². The molecule has 0 aromatic heterocycles. The van der Waals surface area contributed by atoms with E-state index in [9.17, 15) is 4.39 Å². The lowest BCUT2D eigenvalue weighted by molar-refractivity contribution is 0.414. The molecule has 0 spiro atoms. The average Bonchev–Trinajstić information content (AvgIpc) is 2.48. The smallest absolute Gasteiger partial charge is 0.123 e. The fourth-order valence-electron chi connectivity index (χ4n) is 2.34. The van der Waals surface area contributed by atoms with Crippen LogP contribution in [0.3, 0.4) is 0 Å². The molecule has 2 rings (SSSR count). The normalized spacial score (nSPS) is 12.1. The van der Waals surface area contributed by atoms with Gasteiger partial charge >= 0.3 is 0 Å². The van der Waals surface area contributed by atoms with E-state index in [1.54, 1.807) is 19.2 Å².